The number of anilines is 1. The third-order valence-corrected chi connectivity index (χ3v) is 4.68. The van der Waals surface area contributed by atoms with Crippen molar-refractivity contribution in [3.05, 3.63) is 69.0 Å². The molecule has 0 unspecified atom stereocenters. The van der Waals surface area contributed by atoms with Gasteiger partial charge in [0.15, 0.2) is 10.7 Å². The lowest BCUT2D eigenvalue weighted by Gasteiger charge is -2.03. The predicted molar refractivity (Wildman–Crippen MR) is 104 cm³/mol. The first kappa shape index (κ1) is 17.2. The van der Waals surface area contributed by atoms with Gasteiger partial charge in [-0.05, 0) is 37.6 Å². The monoisotopic (exact) mass is 366 g/mol. The molecule has 0 aliphatic carbocycles. The van der Waals surface area contributed by atoms with Gasteiger partial charge in [0.05, 0.1) is 11.4 Å². The number of hydrogen-bond donors (Lipinski definition) is 1. The standard InChI is InChI=1S/C19H15ClN4S/c1-12-6-7-16(13(2)8-12)18-11-25-19(22-18)17(10-21)24-23-15-5-3-4-14(20)9-15/h3-9,11,23H,1-2H3. The Morgan fingerprint density at radius 1 is 1.24 bits per heavy atom. The number of nitrogens with one attached hydrogen (secondary N) is 1. The molecule has 0 saturated heterocycles. The van der Waals surface area contributed by atoms with E-state index in [-0.39, 0.29) is 5.71 Å². The van der Waals surface area contributed by atoms with Crippen molar-refractivity contribution in [3.8, 4) is 17.3 Å². The van der Waals surface area contributed by atoms with Crippen LogP contribution in [0.4, 0.5) is 5.69 Å². The second-order valence-electron chi connectivity index (χ2n) is 5.55. The third-order valence-electron chi connectivity index (χ3n) is 3.59. The van der Waals surface area contributed by atoms with Crippen LogP contribution in [-0.2, 0) is 0 Å². The Kier molecular flexibility index (Phi) is 5.13. The summed E-state index contributed by atoms with van der Waals surface area (Å²) in [5.41, 5.74) is 8.08. The third kappa shape index (κ3) is 4.05. The molecule has 0 radical (unpaired) electrons. The second kappa shape index (κ2) is 7.47. The van der Waals surface area contributed by atoms with E-state index in [1.165, 1.54) is 16.9 Å². The van der Waals surface area contributed by atoms with Gasteiger partial charge in [-0.3, -0.25) is 5.43 Å². The lowest BCUT2D eigenvalue weighted by molar-refractivity contribution is 1.30. The van der Waals surface area contributed by atoms with Crippen molar-refractivity contribution < 1.29 is 0 Å². The summed E-state index contributed by atoms with van der Waals surface area (Å²) in [7, 11) is 0. The summed E-state index contributed by atoms with van der Waals surface area (Å²) in [5, 5.41) is 16.7. The molecule has 1 aromatic heterocycles. The van der Waals surface area contributed by atoms with E-state index in [1.807, 2.05) is 17.5 Å². The molecule has 0 bridgehead atoms. The van der Waals surface area contributed by atoms with Crippen molar-refractivity contribution in [1.29, 1.82) is 5.26 Å². The zero-order valence-corrected chi connectivity index (χ0v) is 15.3. The van der Waals surface area contributed by atoms with Gasteiger partial charge in [-0.15, -0.1) is 11.3 Å². The van der Waals surface area contributed by atoms with Crippen LogP contribution in [0.1, 0.15) is 16.1 Å². The van der Waals surface area contributed by atoms with Gasteiger partial charge in [0.1, 0.15) is 6.07 Å². The fraction of sp³-hybridized carbons (Fsp3) is 0.105. The van der Waals surface area contributed by atoms with Crippen molar-refractivity contribution in [1.82, 2.24) is 4.98 Å². The maximum absolute atomic E-state index is 9.40. The molecule has 0 spiro atoms. The number of aryl methyl sites for hydroxylation is 2. The Balaban J connectivity index is 1.86. The fourth-order valence-electron chi connectivity index (χ4n) is 2.41. The van der Waals surface area contributed by atoms with Crippen molar-refractivity contribution in [2.75, 3.05) is 5.43 Å². The zero-order valence-electron chi connectivity index (χ0n) is 13.7. The molecular weight excluding hydrogens is 352 g/mol. The Bertz CT molecular complexity index is 985. The van der Waals surface area contributed by atoms with Gasteiger partial charge in [-0.1, -0.05) is 41.4 Å². The number of aromatic nitrogens is 1. The van der Waals surface area contributed by atoms with Gasteiger partial charge < -0.3 is 0 Å². The minimum absolute atomic E-state index is 0.237. The van der Waals surface area contributed by atoms with Crippen LogP contribution in [-0.4, -0.2) is 10.7 Å². The molecule has 0 aliphatic rings. The normalized spacial score (nSPS) is 11.2. The summed E-state index contributed by atoms with van der Waals surface area (Å²) in [6, 6.07) is 15.5. The molecule has 3 rings (SSSR count). The van der Waals surface area contributed by atoms with Crippen LogP contribution in [0.15, 0.2) is 52.9 Å². The molecule has 3 aromatic rings. The van der Waals surface area contributed by atoms with Crippen molar-refractivity contribution >= 4 is 34.3 Å². The van der Waals surface area contributed by atoms with Crippen LogP contribution in [0.2, 0.25) is 5.02 Å². The van der Waals surface area contributed by atoms with Crippen LogP contribution in [0.5, 0.6) is 0 Å². The molecule has 1 N–H and O–H groups in total. The maximum atomic E-state index is 9.40. The number of thiazole rings is 1. The minimum Gasteiger partial charge on any atom is -0.277 e. The topological polar surface area (TPSA) is 61.1 Å². The van der Waals surface area contributed by atoms with E-state index in [0.29, 0.717) is 15.7 Å². The van der Waals surface area contributed by atoms with E-state index in [4.69, 9.17) is 11.6 Å². The van der Waals surface area contributed by atoms with Crippen LogP contribution >= 0.6 is 22.9 Å². The molecule has 4 nitrogen and oxygen atoms in total. The smallest absolute Gasteiger partial charge is 0.196 e. The Morgan fingerprint density at radius 2 is 2.08 bits per heavy atom. The molecule has 0 saturated carbocycles. The van der Waals surface area contributed by atoms with Crippen LogP contribution in [0.25, 0.3) is 11.3 Å². The summed E-state index contributed by atoms with van der Waals surface area (Å²) in [5.74, 6) is 0. The highest BCUT2D eigenvalue weighted by Gasteiger charge is 2.12. The summed E-state index contributed by atoms with van der Waals surface area (Å²) >= 11 is 7.34. The van der Waals surface area contributed by atoms with Crippen molar-refractivity contribution in [3.63, 3.8) is 0 Å². The SMILES string of the molecule is Cc1ccc(-c2csc(C(C#N)=NNc3cccc(Cl)c3)n2)c(C)c1. The van der Waals surface area contributed by atoms with Crippen LogP contribution in [0.3, 0.4) is 0 Å². The largest absolute Gasteiger partial charge is 0.277 e. The van der Waals surface area contributed by atoms with Crippen molar-refractivity contribution in [2.45, 2.75) is 13.8 Å². The van der Waals surface area contributed by atoms with E-state index < -0.39 is 0 Å². The summed E-state index contributed by atoms with van der Waals surface area (Å²) in [4.78, 5) is 4.57. The number of hydrazone groups is 1. The predicted octanol–water partition coefficient (Wildman–Crippen LogP) is 5.42. The van der Waals surface area contributed by atoms with Gasteiger partial charge in [-0.2, -0.15) is 10.4 Å². The molecular formula is C19H15ClN4S. The minimum atomic E-state index is 0.237. The quantitative estimate of drug-likeness (QED) is 0.495. The van der Waals surface area contributed by atoms with E-state index >= 15 is 0 Å². The van der Waals surface area contributed by atoms with E-state index in [9.17, 15) is 5.26 Å². The molecule has 0 fully saturated rings. The second-order valence-corrected chi connectivity index (χ2v) is 6.85. The lowest BCUT2D eigenvalue weighted by Crippen LogP contribution is -2.01. The highest BCUT2D eigenvalue weighted by atomic mass is 35.5. The van der Waals surface area contributed by atoms with Gasteiger partial charge in [0.2, 0.25) is 0 Å². The molecule has 2 aromatic carbocycles. The van der Waals surface area contributed by atoms with E-state index in [2.05, 4.69) is 53.6 Å². The average Bonchev–Trinajstić information content (AvgIpc) is 3.05. The summed E-state index contributed by atoms with van der Waals surface area (Å²) in [6.45, 7) is 4.12. The number of benzene rings is 2. The van der Waals surface area contributed by atoms with E-state index in [0.717, 1.165) is 16.8 Å². The average molecular weight is 367 g/mol. The van der Waals surface area contributed by atoms with E-state index in [1.54, 1.807) is 12.1 Å². The van der Waals surface area contributed by atoms with Crippen LogP contribution < -0.4 is 5.43 Å². The number of rotatable bonds is 4. The summed E-state index contributed by atoms with van der Waals surface area (Å²) in [6.07, 6.45) is 0. The van der Waals surface area contributed by atoms with Gasteiger partial charge in [0, 0.05) is 16.0 Å². The van der Waals surface area contributed by atoms with Gasteiger partial charge in [-0.25, -0.2) is 4.98 Å². The Hall–Kier alpha value is -2.68. The number of hydrogen-bond acceptors (Lipinski definition) is 5. The lowest BCUT2D eigenvalue weighted by atomic mass is 10.0. The highest BCUT2D eigenvalue weighted by molar-refractivity contribution is 7.12. The number of halogens is 1. The van der Waals surface area contributed by atoms with Crippen LogP contribution in [0, 0.1) is 25.2 Å². The molecule has 0 amide bonds. The molecule has 0 atom stereocenters. The number of nitriles is 1. The number of nitrogens with zero attached hydrogens (tertiary/aromatic N) is 3. The Labute approximate surface area is 155 Å². The molecule has 124 valence electrons. The van der Waals surface area contributed by atoms with Crippen molar-refractivity contribution in [2.24, 2.45) is 5.10 Å². The van der Waals surface area contributed by atoms with Gasteiger partial charge in [0.25, 0.3) is 0 Å². The zero-order chi connectivity index (χ0) is 17.8. The first-order chi connectivity index (χ1) is 12.1. The maximum Gasteiger partial charge on any atom is 0.196 e. The first-order valence-electron chi connectivity index (χ1n) is 7.59. The molecule has 25 heavy (non-hydrogen) atoms. The fourth-order valence-corrected chi connectivity index (χ4v) is 3.35. The Morgan fingerprint density at radius 3 is 2.80 bits per heavy atom. The first-order valence-corrected chi connectivity index (χ1v) is 8.85. The molecule has 0 aliphatic heterocycles. The summed E-state index contributed by atoms with van der Waals surface area (Å²) < 4.78 is 0. The highest BCUT2D eigenvalue weighted by Crippen LogP contribution is 2.26. The van der Waals surface area contributed by atoms with Gasteiger partial charge >= 0.3 is 0 Å². The molecule has 6 heteroatoms. The molecule has 1 heterocycles.